The second-order valence-electron chi connectivity index (χ2n) is 12.5. The van der Waals surface area contributed by atoms with Crippen LogP contribution in [-0.2, 0) is 28.2 Å². The number of phosphoric acid groups is 1. The smallest absolute Gasteiger partial charge is 0.462 e. The molecule has 9 heteroatoms. The fourth-order valence-electron chi connectivity index (χ4n) is 4.81. The number of allylic oxidation sites excluding steroid dienone is 12. The minimum Gasteiger partial charge on any atom is -0.462 e. The summed E-state index contributed by atoms with van der Waals surface area (Å²) in [5, 5.41) is 0. The Hall–Kier alpha value is -2.51. The maximum absolute atomic E-state index is 12.3. The molecule has 0 fully saturated rings. The van der Waals surface area contributed by atoms with Gasteiger partial charge in [-0.25, -0.2) is 4.57 Å². The van der Waals surface area contributed by atoms with Crippen LogP contribution in [0.4, 0.5) is 0 Å². The summed E-state index contributed by atoms with van der Waals surface area (Å²) in [7, 11) is -4.78. The van der Waals surface area contributed by atoms with Gasteiger partial charge in [-0.2, -0.15) is 0 Å². The Bertz CT molecular complexity index is 1040. The Kier molecular flexibility index (Phi) is 34.5. The highest BCUT2D eigenvalue weighted by molar-refractivity contribution is 7.46. The lowest BCUT2D eigenvalue weighted by atomic mass is 10.1. The summed E-state index contributed by atoms with van der Waals surface area (Å²) in [4.78, 5) is 42.7. The molecule has 50 heavy (non-hydrogen) atoms. The predicted molar refractivity (Wildman–Crippen MR) is 207 cm³/mol. The van der Waals surface area contributed by atoms with Crippen LogP contribution in [0.5, 0.6) is 0 Å². The van der Waals surface area contributed by atoms with Gasteiger partial charge >= 0.3 is 19.8 Å². The van der Waals surface area contributed by atoms with Gasteiger partial charge in [0.05, 0.1) is 6.61 Å². The van der Waals surface area contributed by atoms with E-state index in [0.717, 1.165) is 51.4 Å². The summed E-state index contributed by atoms with van der Waals surface area (Å²) in [5.74, 6) is -0.996. The summed E-state index contributed by atoms with van der Waals surface area (Å²) in [5.41, 5.74) is 0. The maximum Gasteiger partial charge on any atom is 0.469 e. The Morgan fingerprint density at radius 1 is 0.520 bits per heavy atom. The topological polar surface area (TPSA) is 119 Å². The summed E-state index contributed by atoms with van der Waals surface area (Å²) < 4.78 is 26.2. The van der Waals surface area contributed by atoms with E-state index < -0.39 is 32.5 Å². The van der Waals surface area contributed by atoms with E-state index in [0.29, 0.717) is 19.3 Å². The van der Waals surface area contributed by atoms with E-state index >= 15 is 0 Å². The van der Waals surface area contributed by atoms with Gasteiger partial charge < -0.3 is 19.3 Å². The van der Waals surface area contributed by atoms with Crippen LogP contribution in [0.1, 0.15) is 155 Å². The molecule has 0 aliphatic carbocycles. The first-order valence-corrected chi connectivity index (χ1v) is 20.8. The van der Waals surface area contributed by atoms with Crippen molar-refractivity contribution in [2.45, 2.75) is 161 Å². The highest BCUT2D eigenvalue weighted by atomic mass is 31.2. The molecule has 0 saturated carbocycles. The number of carbonyl (C=O) groups is 2. The molecule has 0 aromatic carbocycles. The van der Waals surface area contributed by atoms with Crippen molar-refractivity contribution in [3.63, 3.8) is 0 Å². The predicted octanol–water partition coefficient (Wildman–Crippen LogP) is 11.5. The zero-order valence-corrected chi connectivity index (χ0v) is 32.2. The molecular formula is C41H69O8P. The molecule has 286 valence electrons. The number of hydrogen-bond donors (Lipinski definition) is 2. The number of esters is 2. The number of rotatable bonds is 34. The molecule has 0 heterocycles. The van der Waals surface area contributed by atoms with E-state index in [1.807, 2.05) is 12.2 Å². The molecule has 0 aliphatic heterocycles. The minimum absolute atomic E-state index is 0.126. The quantitative estimate of drug-likeness (QED) is 0.0292. The molecule has 0 aliphatic rings. The normalized spacial score (nSPS) is 13.3. The van der Waals surface area contributed by atoms with E-state index in [1.165, 1.54) is 57.8 Å². The molecule has 0 radical (unpaired) electrons. The average Bonchev–Trinajstić information content (AvgIpc) is 3.08. The van der Waals surface area contributed by atoms with Crippen molar-refractivity contribution < 1.29 is 37.9 Å². The maximum atomic E-state index is 12.3. The Morgan fingerprint density at radius 2 is 0.920 bits per heavy atom. The lowest BCUT2D eigenvalue weighted by Gasteiger charge is -2.18. The molecule has 0 amide bonds. The number of unbranched alkanes of at least 4 members (excludes halogenated alkanes) is 12. The van der Waals surface area contributed by atoms with Crippen LogP contribution in [-0.4, -0.2) is 41.0 Å². The molecular weight excluding hydrogens is 651 g/mol. The molecule has 0 aromatic heterocycles. The monoisotopic (exact) mass is 720 g/mol. The third kappa shape index (κ3) is 38.3. The average molecular weight is 721 g/mol. The first kappa shape index (κ1) is 47.5. The molecule has 0 spiro atoms. The third-order valence-corrected chi connectivity index (χ3v) is 8.18. The van der Waals surface area contributed by atoms with Crippen LogP contribution >= 0.6 is 7.82 Å². The lowest BCUT2D eigenvalue weighted by Crippen LogP contribution is -2.29. The number of ether oxygens (including phenoxy) is 2. The molecule has 0 saturated heterocycles. The van der Waals surface area contributed by atoms with Crippen molar-refractivity contribution in [2.24, 2.45) is 0 Å². The van der Waals surface area contributed by atoms with Gasteiger partial charge in [0.2, 0.25) is 0 Å². The van der Waals surface area contributed by atoms with Crippen LogP contribution in [0, 0.1) is 0 Å². The van der Waals surface area contributed by atoms with Gasteiger partial charge in [-0.3, -0.25) is 14.1 Å². The molecule has 0 unspecified atom stereocenters. The molecule has 0 aromatic rings. The van der Waals surface area contributed by atoms with Gasteiger partial charge in [0.15, 0.2) is 6.10 Å². The van der Waals surface area contributed by atoms with Crippen molar-refractivity contribution in [1.29, 1.82) is 0 Å². The SMILES string of the molecule is CCCCC/C=C/C/C=C/C/C=C/C/C=C/CCCC(=O)O[C@H](COC(=O)CCCC/C=C/C/C=C/CCCCCCCC)COP(=O)(O)O. The van der Waals surface area contributed by atoms with Gasteiger partial charge in [0, 0.05) is 12.8 Å². The van der Waals surface area contributed by atoms with Gasteiger partial charge in [-0.15, -0.1) is 0 Å². The zero-order chi connectivity index (χ0) is 36.8. The largest absolute Gasteiger partial charge is 0.469 e. The van der Waals surface area contributed by atoms with Crippen LogP contribution in [0.25, 0.3) is 0 Å². The van der Waals surface area contributed by atoms with Crippen LogP contribution in [0.15, 0.2) is 72.9 Å². The summed E-state index contributed by atoms with van der Waals surface area (Å²) in [6.07, 6.45) is 46.3. The first-order chi connectivity index (χ1) is 24.3. The second kappa shape index (κ2) is 36.3. The lowest BCUT2D eigenvalue weighted by molar-refractivity contribution is -0.161. The second-order valence-corrected chi connectivity index (χ2v) is 13.8. The van der Waals surface area contributed by atoms with E-state index in [-0.39, 0.29) is 19.4 Å². The van der Waals surface area contributed by atoms with Crippen LogP contribution in [0.3, 0.4) is 0 Å². The highest BCUT2D eigenvalue weighted by Gasteiger charge is 2.22. The van der Waals surface area contributed by atoms with Gasteiger partial charge in [0.1, 0.15) is 6.61 Å². The van der Waals surface area contributed by atoms with E-state index in [1.54, 1.807) is 0 Å². The fraction of sp³-hybridized carbons (Fsp3) is 0.659. The first-order valence-electron chi connectivity index (χ1n) is 19.2. The van der Waals surface area contributed by atoms with E-state index in [9.17, 15) is 14.2 Å². The van der Waals surface area contributed by atoms with Gasteiger partial charge in [-0.05, 0) is 83.5 Å². The number of phosphoric ester groups is 1. The van der Waals surface area contributed by atoms with E-state index in [2.05, 4.69) is 79.1 Å². The Labute approximate surface area is 304 Å². The van der Waals surface area contributed by atoms with E-state index in [4.69, 9.17) is 19.3 Å². The van der Waals surface area contributed by atoms with Crippen molar-refractivity contribution in [1.82, 2.24) is 0 Å². The summed E-state index contributed by atoms with van der Waals surface area (Å²) >= 11 is 0. The van der Waals surface area contributed by atoms with Crippen LogP contribution < -0.4 is 0 Å². The van der Waals surface area contributed by atoms with Gasteiger partial charge in [0.25, 0.3) is 0 Å². The minimum atomic E-state index is -4.78. The van der Waals surface area contributed by atoms with Crippen LogP contribution in [0.2, 0.25) is 0 Å². The summed E-state index contributed by atoms with van der Waals surface area (Å²) in [6, 6.07) is 0. The van der Waals surface area contributed by atoms with Gasteiger partial charge in [-0.1, -0.05) is 132 Å². The molecule has 0 bridgehead atoms. The molecule has 0 rings (SSSR count). The third-order valence-electron chi connectivity index (χ3n) is 7.70. The Balaban J connectivity index is 4.14. The highest BCUT2D eigenvalue weighted by Crippen LogP contribution is 2.35. The Morgan fingerprint density at radius 3 is 1.44 bits per heavy atom. The molecule has 8 nitrogen and oxygen atoms in total. The van der Waals surface area contributed by atoms with Crippen molar-refractivity contribution in [2.75, 3.05) is 13.2 Å². The number of carbonyl (C=O) groups excluding carboxylic acids is 2. The number of hydrogen-bond acceptors (Lipinski definition) is 6. The summed E-state index contributed by atoms with van der Waals surface area (Å²) in [6.45, 7) is 3.55. The zero-order valence-electron chi connectivity index (χ0n) is 31.3. The van der Waals surface area contributed by atoms with Crippen molar-refractivity contribution in [3.05, 3.63) is 72.9 Å². The molecule has 2 N–H and O–H groups in total. The fourth-order valence-corrected chi connectivity index (χ4v) is 5.17. The van der Waals surface area contributed by atoms with Crippen molar-refractivity contribution in [3.8, 4) is 0 Å². The standard InChI is InChI=1S/C41H69O8P/c1-3-5-7-9-11-13-15-17-19-20-22-24-26-28-30-32-34-36-41(43)49-39(38-48-50(44,45)46)37-47-40(42)35-33-31-29-27-25-23-21-18-16-14-12-10-8-6-4-2/h11,13,17-19,21-22,24-25,27-28,30,39H,3-10,12,14-16,20,23,26,29,31-38H2,1-2H3,(H2,44,45,46)/b13-11+,19-17+,21-18+,24-22+,27-25+,30-28+/t39-/m1/s1. The van der Waals surface area contributed by atoms with Crippen molar-refractivity contribution >= 4 is 19.8 Å². The molecule has 1 atom stereocenters.